The summed E-state index contributed by atoms with van der Waals surface area (Å²) in [4.78, 5) is 7.90. The number of rotatable bonds is 2. The molecule has 3 heterocycles. The molecule has 0 spiro atoms. The normalized spacial score (nSPS) is 34.0. The smallest absolute Gasteiger partial charge is 0.183 e. The van der Waals surface area contributed by atoms with Crippen molar-refractivity contribution in [2.75, 3.05) is 6.61 Å². The molecule has 1 aliphatic heterocycles. The van der Waals surface area contributed by atoms with E-state index < -0.39 is 30.6 Å². The van der Waals surface area contributed by atoms with Crippen molar-refractivity contribution in [3.63, 3.8) is 0 Å². The summed E-state index contributed by atoms with van der Waals surface area (Å²) in [6, 6.07) is 0. The van der Waals surface area contributed by atoms with Gasteiger partial charge in [0, 0.05) is 0 Å². The van der Waals surface area contributed by atoms with Crippen molar-refractivity contribution in [1.29, 1.82) is 0 Å². The van der Waals surface area contributed by atoms with E-state index in [1.807, 2.05) is 0 Å². The van der Waals surface area contributed by atoms with Crippen LogP contribution in [0.15, 0.2) is 12.5 Å². The van der Waals surface area contributed by atoms with Crippen molar-refractivity contribution in [3.8, 4) is 0 Å². The second-order valence-corrected chi connectivity index (χ2v) is 5.23. The summed E-state index contributed by atoms with van der Waals surface area (Å²) in [5.74, 6) is 0. The zero-order valence-electron chi connectivity index (χ0n) is 10.5. The van der Waals surface area contributed by atoms with Crippen LogP contribution in [-0.2, 0) is 4.74 Å². The van der Waals surface area contributed by atoms with Gasteiger partial charge in [0.2, 0.25) is 0 Å². The molecule has 1 aliphatic rings. The molecule has 0 aliphatic carbocycles. The Morgan fingerprint density at radius 3 is 2.90 bits per heavy atom. The lowest BCUT2D eigenvalue weighted by Crippen LogP contribution is -2.44. The molecular formula is C11H13ClN4O4. The molecule has 2 aromatic heterocycles. The Labute approximate surface area is 118 Å². The first-order chi connectivity index (χ1) is 9.46. The van der Waals surface area contributed by atoms with Crippen LogP contribution >= 0.6 is 11.6 Å². The fourth-order valence-corrected chi connectivity index (χ4v) is 2.53. The Balaban J connectivity index is 2.10. The van der Waals surface area contributed by atoms with Gasteiger partial charge in [-0.2, -0.15) is 5.10 Å². The lowest BCUT2D eigenvalue weighted by atomic mass is 9.97. The van der Waals surface area contributed by atoms with Crippen LogP contribution < -0.4 is 0 Å². The van der Waals surface area contributed by atoms with E-state index in [-0.39, 0.29) is 5.15 Å². The van der Waals surface area contributed by atoms with Gasteiger partial charge in [-0.25, -0.2) is 14.6 Å². The van der Waals surface area contributed by atoms with E-state index in [1.165, 1.54) is 24.1 Å². The molecule has 4 atom stereocenters. The molecule has 0 unspecified atom stereocenters. The van der Waals surface area contributed by atoms with Gasteiger partial charge in [-0.3, -0.25) is 0 Å². The Kier molecular flexibility index (Phi) is 3.14. The fraction of sp³-hybridized carbons (Fsp3) is 0.545. The highest BCUT2D eigenvalue weighted by atomic mass is 35.5. The van der Waals surface area contributed by atoms with Crippen molar-refractivity contribution < 1.29 is 20.1 Å². The van der Waals surface area contributed by atoms with Gasteiger partial charge < -0.3 is 20.1 Å². The summed E-state index contributed by atoms with van der Waals surface area (Å²) in [7, 11) is 0. The highest BCUT2D eigenvalue weighted by molar-refractivity contribution is 6.33. The van der Waals surface area contributed by atoms with Crippen molar-refractivity contribution in [2.45, 2.75) is 31.0 Å². The van der Waals surface area contributed by atoms with Crippen molar-refractivity contribution >= 4 is 22.6 Å². The number of aliphatic hydroxyl groups is 3. The summed E-state index contributed by atoms with van der Waals surface area (Å²) in [5, 5.41) is 34.4. The summed E-state index contributed by atoms with van der Waals surface area (Å²) in [6.45, 7) is 0.997. The molecule has 8 nitrogen and oxygen atoms in total. The summed E-state index contributed by atoms with van der Waals surface area (Å²) >= 11 is 5.94. The standard InChI is InChI=1S/C11H13ClN4O4/c1-11(19)7(18)6(3-17)20-10(11)16-9-5(2-15-16)8(12)13-4-14-9/h2,4,6-7,10,17-19H,3H2,1H3/t6-,7-,10+,11+/m1/s1. The molecule has 3 rings (SSSR count). The lowest BCUT2D eigenvalue weighted by molar-refractivity contribution is -0.100. The van der Waals surface area contributed by atoms with Gasteiger partial charge in [-0.05, 0) is 6.92 Å². The first-order valence-corrected chi connectivity index (χ1v) is 6.35. The Hall–Kier alpha value is -1.32. The Bertz CT molecular complexity index is 646. The third kappa shape index (κ3) is 1.80. The summed E-state index contributed by atoms with van der Waals surface area (Å²) in [5.41, 5.74) is -1.25. The molecule has 0 saturated carbocycles. The van der Waals surface area contributed by atoms with E-state index in [2.05, 4.69) is 15.1 Å². The van der Waals surface area contributed by atoms with Crippen LogP contribution in [0.2, 0.25) is 5.15 Å². The van der Waals surface area contributed by atoms with Gasteiger partial charge in [-0.15, -0.1) is 0 Å². The third-order valence-electron chi connectivity index (χ3n) is 3.50. The van der Waals surface area contributed by atoms with Crippen LogP contribution in [-0.4, -0.2) is 59.5 Å². The largest absolute Gasteiger partial charge is 0.394 e. The van der Waals surface area contributed by atoms with Gasteiger partial charge in [0.15, 0.2) is 11.9 Å². The van der Waals surface area contributed by atoms with Crippen LogP contribution in [0.5, 0.6) is 0 Å². The maximum atomic E-state index is 10.4. The lowest BCUT2D eigenvalue weighted by Gasteiger charge is -2.26. The van der Waals surface area contributed by atoms with E-state index in [0.717, 1.165) is 0 Å². The van der Waals surface area contributed by atoms with Crippen LogP contribution in [0.4, 0.5) is 0 Å². The summed E-state index contributed by atoms with van der Waals surface area (Å²) < 4.78 is 6.80. The van der Waals surface area contributed by atoms with Gasteiger partial charge >= 0.3 is 0 Å². The second kappa shape index (κ2) is 4.61. The molecule has 0 radical (unpaired) electrons. The van der Waals surface area contributed by atoms with Gasteiger partial charge in [-0.1, -0.05) is 11.6 Å². The number of nitrogens with zero attached hydrogens (tertiary/aromatic N) is 4. The molecule has 0 aromatic carbocycles. The first kappa shape index (κ1) is 13.7. The van der Waals surface area contributed by atoms with Crippen molar-refractivity contribution in [3.05, 3.63) is 17.7 Å². The van der Waals surface area contributed by atoms with E-state index in [9.17, 15) is 10.2 Å². The molecule has 1 fully saturated rings. The van der Waals surface area contributed by atoms with Crippen LogP contribution in [0.25, 0.3) is 11.0 Å². The van der Waals surface area contributed by atoms with E-state index in [4.69, 9.17) is 21.4 Å². The minimum Gasteiger partial charge on any atom is -0.394 e. The predicted molar refractivity (Wildman–Crippen MR) is 68.0 cm³/mol. The minimum absolute atomic E-state index is 0.234. The van der Waals surface area contributed by atoms with Gasteiger partial charge in [0.1, 0.15) is 29.3 Å². The average molecular weight is 301 g/mol. The first-order valence-electron chi connectivity index (χ1n) is 5.97. The monoisotopic (exact) mass is 300 g/mol. The van der Waals surface area contributed by atoms with Crippen LogP contribution in [0, 0.1) is 0 Å². The number of ether oxygens (including phenoxy) is 1. The van der Waals surface area contributed by atoms with Crippen LogP contribution in [0.3, 0.4) is 0 Å². The molecule has 9 heteroatoms. The summed E-state index contributed by atoms with van der Waals surface area (Å²) in [6.07, 6.45) is -0.402. The molecule has 20 heavy (non-hydrogen) atoms. The molecule has 108 valence electrons. The SMILES string of the molecule is C[C@]1(O)[C@H](O)[C@@H](CO)O[C@@H]1n1ncc2c(Cl)ncnc21. The van der Waals surface area contributed by atoms with E-state index >= 15 is 0 Å². The number of hydrogen-bond acceptors (Lipinski definition) is 7. The highest BCUT2D eigenvalue weighted by Gasteiger charge is 2.53. The topological polar surface area (TPSA) is 114 Å². The van der Waals surface area contributed by atoms with E-state index in [1.54, 1.807) is 0 Å². The fourth-order valence-electron chi connectivity index (χ4n) is 2.35. The van der Waals surface area contributed by atoms with Gasteiger partial charge in [0.05, 0.1) is 18.2 Å². The number of halogens is 1. The minimum atomic E-state index is -1.62. The highest BCUT2D eigenvalue weighted by Crippen LogP contribution is 2.39. The van der Waals surface area contributed by atoms with Crippen molar-refractivity contribution in [2.24, 2.45) is 0 Å². The number of aromatic nitrogens is 4. The maximum absolute atomic E-state index is 10.4. The number of hydrogen-bond donors (Lipinski definition) is 3. The quantitative estimate of drug-likeness (QED) is 0.640. The molecule has 3 N–H and O–H groups in total. The van der Waals surface area contributed by atoms with E-state index in [0.29, 0.717) is 11.0 Å². The second-order valence-electron chi connectivity index (χ2n) is 4.87. The zero-order chi connectivity index (χ0) is 14.5. The number of aliphatic hydroxyl groups excluding tert-OH is 2. The molecule has 1 saturated heterocycles. The number of fused-ring (bicyclic) bond motifs is 1. The third-order valence-corrected chi connectivity index (χ3v) is 3.80. The Morgan fingerprint density at radius 1 is 1.50 bits per heavy atom. The van der Waals surface area contributed by atoms with Crippen molar-refractivity contribution in [1.82, 2.24) is 19.7 Å². The zero-order valence-corrected chi connectivity index (χ0v) is 11.3. The molecular weight excluding hydrogens is 288 g/mol. The molecule has 0 amide bonds. The average Bonchev–Trinajstić information content (AvgIpc) is 2.92. The molecule has 2 aromatic rings. The maximum Gasteiger partial charge on any atom is 0.183 e. The molecule has 0 bridgehead atoms. The Morgan fingerprint density at radius 2 is 2.25 bits per heavy atom. The van der Waals surface area contributed by atoms with Gasteiger partial charge in [0.25, 0.3) is 0 Å². The predicted octanol–water partition coefficient (Wildman–Crippen LogP) is -0.519. The van der Waals surface area contributed by atoms with Crippen LogP contribution in [0.1, 0.15) is 13.2 Å².